The first-order valence-corrected chi connectivity index (χ1v) is 7.89. The van der Waals surface area contributed by atoms with Crippen molar-refractivity contribution < 1.29 is 14.6 Å². The Morgan fingerprint density at radius 1 is 1.29 bits per heavy atom. The Hall–Kier alpha value is -1.65. The van der Waals surface area contributed by atoms with E-state index in [4.69, 9.17) is 16.3 Å². The number of carboxylic acids is 1. The molecule has 0 fully saturated rings. The highest BCUT2D eigenvalue weighted by Gasteiger charge is 2.24. The van der Waals surface area contributed by atoms with Crippen molar-refractivity contribution in [1.82, 2.24) is 0 Å². The maximum absolute atomic E-state index is 11.3. The average molecular weight is 321 g/mol. The fourth-order valence-electron chi connectivity index (χ4n) is 2.39. The second-order valence-electron chi connectivity index (χ2n) is 4.77. The fraction of sp³-hybridized carbons (Fsp3) is 0.188. The van der Waals surface area contributed by atoms with E-state index in [2.05, 4.69) is 12.1 Å². The molecule has 0 saturated heterocycles. The number of halogens is 1. The van der Waals surface area contributed by atoms with Crippen molar-refractivity contribution in [1.29, 1.82) is 0 Å². The van der Waals surface area contributed by atoms with Gasteiger partial charge in [-0.2, -0.15) is 0 Å². The maximum Gasteiger partial charge on any atom is 0.341 e. The second-order valence-corrected chi connectivity index (χ2v) is 6.24. The van der Waals surface area contributed by atoms with E-state index in [1.807, 2.05) is 12.1 Å². The summed E-state index contributed by atoms with van der Waals surface area (Å²) in [5.41, 5.74) is 1.29. The SMILES string of the molecule is O=C(O)c1c(Cl)cccc1OCC1CSc2ccccc21. The highest BCUT2D eigenvalue weighted by molar-refractivity contribution is 7.99. The van der Waals surface area contributed by atoms with Crippen molar-refractivity contribution in [2.45, 2.75) is 10.8 Å². The van der Waals surface area contributed by atoms with Gasteiger partial charge >= 0.3 is 5.97 Å². The van der Waals surface area contributed by atoms with Gasteiger partial charge in [0.05, 0.1) is 11.6 Å². The molecule has 0 spiro atoms. The summed E-state index contributed by atoms with van der Waals surface area (Å²) in [6.45, 7) is 0.449. The molecule has 0 bridgehead atoms. The van der Waals surface area contributed by atoms with Crippen molar-refractivity contribution in [3.63, 3.8) is 0 Å². The van der Waals surface area contributed by atoms with Gasteiger partial charge in [-0.05, 0) is 23.8 Å². The number of benzene rings is 2. The fourth-order valence-corrected chi connectivity index (χ4v) is 3.87. The molecule has 2 aromatic rings. The van der Waals surface area contributed by atoms with E-state index in [1.54, 1.807) is 30.0 Å². The van der Waals surface area contributed by atoms with Gasteiger partial charge < -0.3 is 9.84 Å². The quantitative estimate of drug-likeness (QED) is 0.912. The number of ether oxygens (including phenoxy) is 1. The Labute approximate surface area is 131 Å². The number of hydrogen-bond acceptors (Lipinski definition) is 3. The predicted molar refractivity (Wildman–Crippen MR) is 83.8 cm³/mol. The molecule has 1 aliphatic heterocycles. The molecule has 3 nitrogen and oxygen atoms in total. The zero-order chi connectivity index (χ0) is 14.8. The smallest absolute Gasteiger partial charge is 0.341 e. The van der Waals surface area contributed by atoms with E-state index in [1.165, 1.54) is 10.5 Å². The topological polar surface area (TPSA) is 46.5 Å². The Bertz CT molecular complexity index is 687. The van der Waals surface area contributed by atoms with Crippen molar-refractivity contribution in [2.24, 2.45) is 0 Å². The maximum atomic E-state index is 11.3. The molecule has 3 rings (SSSR count). The van der Waals surface area contributed by atoms with E-state index in [0.29, 0.717) is 12.4 Å². The standard InChI is InChI=1S/C16H13ClO3S/c17-12-5-3-6-13(15(12)16(18)19)20-8-10-9-21-14-7-2-1-4-11(10)14/h1-7,10H,8-9H2,(H,18,19). The average Bonchev–Trinajstić information content (AvgIpc) is 2.88. The van der Waals surface area contributed by atoms with Crippen LogP contribution in [0.25, 0.3) is 0 Å². The molecule has 0 aliphatic carbocycles. The lowest BCUT2D eigenvalue weighted by Gasteiger charge is -2.14. The van der Waals surface area contributed by atoms with E-state index < -0.39 is 5.97 Å². The highest BCUT2D eigenvalue weighted by atomic mass is 35.5. The van der Waals surface area contributed by atoms with Crippen LogP contribution < -0.4 is 4.74 Å². The number of carboxylic acid groups (broad SMARTS) is 1. The molecular weight excluding hydrogens is 308 g/mol. The van der Waals surface area contributed by atoms with Gasteiger partial charge in [-0.25, -0.2) is 4.79 Å². The van der Waals surface area contributed by atoms with Crippen molar-refractivity contribution in [3.8, 4) is 5.75 Å². The molecule has 5 heteroatoms. The number of fused-ring (bicyclic) bond motifs is 1. The van der Waals surface area contributed by atoms with E-state index >= 15 is 0 Å². The molecule has 0 amide bonds. The monoisotopic (exact) mass is 320 g/mol. The number of carbonyl (C=O) groups is 1. The van der Waals surface area contributed by atoms with Crippen LogP contribution in [0.1, 0.15) is 21.8 Å². The number of thioether (sulfide) groups is 1. The van der Waals surface area contributed by atoms with E-state index in [9.17, 15) is 9.90 Å². The van der Waals surface area contributed by atoms with Gasteiger partial charge in [-0.15, -0.1) is 11.8 Å². The van der Waals surface area contributed by atoms with Crippen LogP contribution in [0.15, 0.2) is 47.4 Å². The van der Waals surface area contributed by atoms with Crippen molar-refractivity contribution in [2.75, 3.05) is 12.4 Å². The lowest BCUT2D eigenvalue weighted by atomic mass is 10.0. The third-order valence-electron chi connectivity index (χ3n) is 3.43. The van der Waals surface area contributed by atoms with Gasteiger partial charge in [0, 0.05) is 16.6 Å². The lowest BCUT2D eigenvalue weighted by Crippen LogP contribution is -2.12. The third-order valence-corrected chi connectivity index (χ3v) is 4.99. The van der Waals surface area contributed by atoms with Crippen LogP contribution in [0, 0.1) is 0 Å². The largest absolute Gasteiger partial charge is 0.492 e. The predicted octanol–water partition coefficient (Wildman–Crippen LogP) is 4.31. The van der Waals surface area contributed by atoms with Crippen LogP contribution in [0.3, 0.4) is 0 Å². The van der Waals surface area contributed by atoms with Crippen molar-refractivity contribution >= 4 is 29.3 Å². The first-order chi connectivity index (χ1) is 10.2. The second kappa shape index (κ2) is 6.00. The molecule has 1 atom stereocenters. The Kier molecular flexibility index (Phi) is 4.08. The normalized spacial score (nSPS) is 16.5. The Morgan fingerprint density at radius 2 is 2.10 bits per heavy atom. The summed E-state index contributed by atoms with van der Waals surface area (Å²) in [4.78, 5) is 12.5. The first kappa shape index (κ1) is 14.3. The Morgan fingerprint density at radius 3 is 2.90 bits per heavy atom. The van der Waals surface area contributed by atoms with Gasteiger partial charge in [-0.1, -0.05) is 35.9 Å². The zero-order valence-corrected chi connectivity index (χ0v) is 12.7. The van der Waals surface area contributed by atoms with Gasteiger partial charge in [0.25, 0.3) is 0 Å². The Balaban J connectivity index is 1.78. The summed E-state index contributed by atoms with van der Waals surface area (Å²) in [7, 11) is 0. The molecule has 1 unspecified atom stereocenters. The summed E-state index contributed by atoms with van der Waals surface area (Å²) < 4.78 is 5.74. The molecule has 108 valence electrons. The van der Waals surface area contributed by atoms with E-state index in [-0.39, 0.29) is 16.5 Å². The number of aromatic carboxylic acids is 1. The molecular formula is C16H13ClO3S. The molecule has 0 aromatic heterocycles. The summed E-state index contributed by atoms with van der Waals surface area (Å²) in [5, 5.41) is 9.42. The number of rotatable bonds is 4. The van der Waals surface area contributed by atoms with Crippen LogP contribution in [-0.4, -0.2) is 23.4 Å². The molecule has 21 heavy (non-hydrogen) atoms. The van der Waals surface area contributed by atoms with Crippen LogP contribution in [0.5, 0.6) is 5.75 Å². The summed E-state index contributed by atoms with van der Waals surface area (Å²) in [6, 6.07) is 13.1. The molecule has 0 radical (unpaired) electrons. The minimum atomic E-state index is -1.07. The summed E-state index contributed by atoms with van der Waals surface area (Å²) in [5.74, 6) is 0.468. The molecule has 0 saturated carbocycles. The van der Waals surface area contributed by atoms with Gasteiger partial charge in [-0.3, -0.25) is 0 Å². The third kappa shape index (κ3) is 2.87. The van der Waals surface area contributed by atoms with E-state index in [0.717, 1.165) is 5.75 Å². The van der Waals surface area contributed by atoms with Crippen LogP contribution >= 0.6 is 23.4 Å². The molecule has 2 aromatic carbocycles. The first-order valence-electron chi connectivity index (χ1n) is 6.53. The summed E-state index contributed by atoms with van der Waals surface area (Å²) in [6.07, 6.45) is 0. The van der Waals surface area contributed by atoms with Crippen molar-refractivity contribution in [3.05, 3.63) is 58.6 Å². The molecule has 1 N–H and O–H groups in total. The molecule has 1 aliphatic rings. The van der Waals surface area contributed by atoms with Gasteiger partial charge in [0.2, 0.25) is 0 Å². The van der Waals surface area contributed by atoms with Crippen LogP contribution in [0.4, 0.5) is 0 Å². The summed E-state index contributed by atoms with van der Waals surface area (Å²) >= 11 is 7.74. The van der Waals surface area contributed by atoms with Crippen LogP contribution in [-0.2, 0) is 0 Å². The highest BCUT2D eigenvalue weighted by Crippen LogP contribution is 2.39. The minimum absolute atomic E-state index is 0.0260. The van der Waals surface area contributed by atoms with Gasteiger partial charge in [0.1, 0.15) is 11.3 Å². The number of hydrogen-bond donors (Lipinski definition) is 1. The molecule has 1 heterocycles. The van der Waals surface area contributed by atoms with Gasteiger partial charge in [0.15, 0.2) is 0 Å². The minimum Gasteiger partial charge on any atom is -0.492 e. The lowest BCUT2D eigenvalue weighted by molar-refractivity contribution is 0.0692. The zero-order valence-electron chi connectivity index (χ0n) is 11.1. The van der Waals surface area contributed by atoms with Crippen LogP contribution in [0.2, 0.25) is 5.02 Å².